The van der Waals surface area contributed by atoms with Crippen molar-refractivity contribution in [1.29, 1.82) is 0 Å². The van der Waals surface area contributed by atoms with E-state index in [1.165, 1.54) is 36.1 Å². The number of fused-ring (bicyclic) bond motifs is 7. The van der Waals surface area contributed by atoms with Crippen LogP contribution in [-0.2, 0) is 0 Å². The average Bonchev–Trinajstić information content (AvgIpc) is 3.47. The van der Waals surface area contributed by atoms with Crippen molar-refractivity contribution in [3.8, 4) is 0 Å². The van der Waals surface area contributed by atoms with E-state index < -0.39 is 0 Å². The first kappa shape index (κ1) is 19.9. The SMILES string of the molecule is CSc1cccc(NC(=O)c2ccc3c(c2)[C@@H]2[C@H]4CC[C@@H](C4)[C@@H]2[C@@H](c2ccccc2)N3)c1. The molecule has 2 aliphatic carbocycles. The van der Waals surface area contributed by atoms with Crippen LogP contribution in [0.25, 0.3) is 0 Å². The van der Waals surface area contributed by atoms with Crippen LogP contribution in [0.5, 0.6) is 0 Å². The quantitative estimate of drug-likeness (QED) is 0.431. The number of benzene rings is 3. The van der Waals surface area contributed by atoms with Crippen LogP contribution in [0, 0.1) is 17.8 Å². The number of carbonyl (C=O) groups excluding carboxylic acids is 1. The highest BCUT2D eigenvalue weighted by molar-refractivity contribution is 7.98. The van der Waals surface area contributed by atoms with Crippen LogP contribution in [0.2, 0.25) is 0 Å². The Morgan fingerprint density at radius 3 is 2.66 bits per heavy atom. The standard InChI is InChI=1S/C28H28N2OS/c1-32-22-9-5-8-21(16-22)29-28(31)20-12-13-24-23(15-20)25-18-10-11-19(14-18)26(25)27(30-24)17-6-3-2-4-7-17/h2-9,12-13,15-16,18-19,25-27,30H,10-11,14H2,1H3,(H,29,31)/t18-,19-,25-,26-,27+/m0/s1. The van der Waals surface area contributed by atoms with E-state index in [-0.39, 0.29) is 5.91 Å². The molecule has 2 N–H and O–H groups in total. The Hall–Kier alpha value is -2.72. The number of amides is 1. The molecule has 0 unspecified atom stereocenters. The second-order valence-corrected chi connectivity index (χ2v) is 10.3. The van der Waals surface area contributed by atoms with Gasteiger partial charge in [0.2, 0.25) is 0 Å². The summed E-state index contributed by atoms with van der Waals surface area (Å²) in [5.41, 5.74) is 5.53. The van der Waals surface area contributed by atoms with Crippen molar-refractivity contribution in [2.24, 2.45) is 17.8 Å². The Morgan fingerprint density at radius 1 is 0.969 bits per heavy atom. The van der Waals surface area contributed by atoms with Gasteiger partial charge < -0.3 is 10.6 Å². The van der Waals surface area contributed by atoms with Crippen molar-refractivity contribution in [2.75, 3.05) is 16.9 Å². The summed E-state index contributed by atoms with van der Waals surface area (Å²) in [4.78, 5) is 14.2. The summed E-state index contributed by atoms with van der Waals surface area (Å²) in [5.74, 6) is 2.65. The number of carbonyl (C=O) groups is 1. The Kier molecular flexibility index (Phi) is 4.98. The lowest BCUT2D eigenvalue weighted by Gasteiger charge is -2.43. The molecule has 3 aliphatic rings. The van der Waals surface area contributed by atoms with E-state index >= 15 is 0 Å². The molecular weight excluding hydrogens is 412 g/mol. The first-order chi connectivity index (χ1) is 15.7. The molecule has 2 saturated carbocycles. The van der Waals surface area contributed by atoms with Crippen molar-refractivity contribution in [3.05, 3.63) is 89.5 Å². The fourth-order valence-corrected chi connectivity index (χ4v) is 6.98. The van der Waals surface area contributed by atoms with Gasteiger partial charge in [0.25, 0.3) is 5.91 Å². The third-order valence-corrected chi connectivity index (χ3v) is 8.56. The Balaban J connectivity index is 1.33. The van der Waals surface area contributed by atoms with E-state index in [9.17, 15) is 4.79 Å². The van der Waals surface area contributed by atoms with Crippen LogP contribution in [0.1, 0.15) is 52.7 Å². The molecule has 0 saturated heterocycles. The van der Waals surface area contributed by atoms with Crippen molar-refractivity contribution >= 4 is 29.0 Å². The summed E-state index contributed by atoms with van der Waals surface area (Å²) in [6, 6.07) is 25.6. The second kappa shape index (κ2) is 8.00. The molecule has 6 rings (SSSR count). The first-order valence-electron chi connectivity index (χ1n) is 11.6. The normalized spacial score (nSPS) is 27.3. The maximum Gasteiger partial charge on any atom is 0.255 e. The van der Waals surface area contributed by atoms with E-state index in [1.54, 1.807) is 11.8 Å². The van der Waals surface area contributed by atoms with Gasteiger partial charge in [-0.25, -0.2) is 0 Å². The lowest BCUT2D eigenvalue weighted by Crippen LogP contribution is -2.35. The molecule has 2 fully saturated rings. The van der Waals surface area contributed by atoms with Gasteiger partial charge in [-0.2, -0.15) is 0 Å². The number of rotatable bonds is 4. The van der Waals surface area contributed by atoms with Crippen molar-refractivity contribution in [1.82, 2.24) is 0 Å². The molecule has 0 aromatic heterocycles. The number of nitrogens with one attached hydrogen (secondary N) is 2. The molecule has 3 aromatic carbocycles. The maximum atomic E-state index is 13.1. The predicted molar refractivity (Wildman–Crippen MR) is 132 cm³/mol. The van der Waals surface area contributed by atoms with Gasteiger partial charge in [-0.05, 0) is 96.7 Å². The van der Waals surface area contributed by atoms with Crippen LogP contribution in [0.15, 0.2) is 77.7 Å². The van der Waals surface area contributed by atoms with Crippen LogP contribution in [0.3, 0.4) is 0 Å². The molecule has 32 heavy (non-hydrogen) atoms. The summed E-state index contributed by atoms with van der Waals surface area (Å²) < 4.78 is 0. The molecule has 1 aliphatic heterocycles. The molecular formula is C28H28N2OS. The zero-order valence-electron chi connectivity index (χ0n) is 18.3. The van der Waals surface area contributed by atoms with Gasteiger partial charge in [0, 0.05) is 21.8 Å². The Labute approximate surface area is 194 Å². The van der Waals surface area contributed by atoms with Crippen LogP contribution in [-0.4, -0.2) is 12.2 Å². The number of thioether (sulfide) groups is 1. The molecule has 3 nitrogen and oxygen atoms in total. The second-order valence-electron chi connectivity index (χ2n) is 9.46. The summed E-state index contributed by atoms with van der Waals surface area (Å²) >= 11 is 1.68. The van der Waals surface area contributed by atoms with E-state index in [1.807, 2.05) is 30.5 Å². The Bertz CT molecular complexity index is 1160. The largest absolute Gasteiger partial charge is 0.378 e. The number of hydrogen-bond donors (Lipinski definition) is 2. The fraction of sp³-hybridized carbons (Fsp3) is 0.321. The van der Waals surface area contributed by atoms with Crippen LogP contribution < -0.4 is 10.6 Å². The fourth-order valence-electron chi connectivity index (χ4n) is 6.52. The minimum Gasteiger partial charge on any atom is -0.378 e. The molecule has 2 bridgehead atoms. The lowest BCUT2D eigenvalue weighted by atomic mass is 9.68. The minimum absolute atomic E-state index is 0.0315. The third kappa shape index (κ3) is 3.32. The zero-order chi connectivity index (χ0) is 21.7. The highest BCUT2D eigenvalue weighted by atomic mass is 32.2. The zero-order valence-corrected chi connectivity index (χ0v) is 19.1. The van der Waals surface area contributed by atoms with Crippen molar-refractivity contribution in [2.45, 2.75) is 36.1 Å². The highest BCUT2D eigenvalue weighted by Crippen LogP contribution is 2.63. The summed E-state index contributed by atoms with van der Waals surface area (Å²) in [6.07, 6.45) is 6.05. The topological polar surface area (TPSA) is 41.1 Å². The van der Waals surface area contributed by atoms with Gasteiger partial charge in [0.15, 0.2) is 0 Å². The molecule has 5 atom stereocenters. The monoisotopic (exact) mass is 440 g/mol. The number of anilines is 2. The average molecular weight is 441 g/mol. The van der Waals surface area contributed by atoms with Gasteiger partial charge in [-0.1, -0.05) is 36.4 Å². The smallest absolute Gasteiger partial charge is 0.255 e. The predicted octanol–water partition coefficient (Wildman–Crippen LogP) is 6.96. The third-order valence-electron chi connectivity index (χ3n) is 7.84. The molecule has 4 heteroatoms. The van der Waals surface area contributed by atoms with Crippen LogP contribution in [0.4, 0.5) is 11.4 Å². The Morgan fingerprint density at radius 2 is 1.81 bits per heavy atom. The molecule has 1 amide bonds. The van der Waals surface area contributed by atoms with Crippen molar-refractivity contribution in [3.63, 3.8) is 0 Å². The first-order valence-corrected chi connectivity index (χ1v) is 12.8. The molecule has 0 spiro atoms. The van der Waals surface area contributed by atoms with Gasteiger partial charge in [0.1, 0.15) is 0 Å². The van der Waals surface area contributed by atoms with E-state index in [0.717, 1.165) is 28.0 Å². The van der Waals surface area contributed by atoms with E-state index in [0.29, 0.717) is 17.9 Å². The van der Waals surface area contributed by atoms with Crippen LogP contribution >= 0.6 is 11.8 Å². The van der Waals surface area contributed by atoms with Gasteiger partial charge in [0.05, 0.1) is 6.04 Å². The number of hydrogen-bond acceptors (Lipinski definition) is 3. The van der Waals surface area contributed by atoms with E-state index in [4.69, 9.17) is 0 Å². The molecule has 162 valence electrons. The van der Waals surface area contributed by atoms with Gasteiger partial charge >= 0.3 is 0 Å². The van der Waals surface area contributed by atoms with E-state index in [2.05, 4.69) is 59.2 Å². The molecule has 0 radical (unpaired) electrons. The molecule has 1 heterocycles. The summed E-state index contributed by atoms with van der Waals surface area (Å²) in [5, 5.41) is 6.96. The molecule has 3 aromatic rings. The minimum atomic E-state index is -0.0315. The maximum absolute atomic E-state index is 13.1. The van der Waals surface area contributed by atoms with Gasteiger partial charge in [-0.3, -0.25) is 4.79 Å². The lowest BCUT2D eigenvalue weighted by molar-refractivity contribution is 0.102. The summed E-state index contributed by atoms with van der Waals surface area (Å²) in [6.45, 7) is 0. The highest BCUT2D eigenvalue weighted by Gasteiger charge is 2.53. The van der Waals surface area contributed by atoms with Gasteiger partial charge in [-0.15, -0.1) is 11.8 Å². The summed E-state index contributed by atoms with van der Waals surface area (Å²) in [7, 11) is 0. The van der Waals surface area contributed by atoms with Crippen molar-refractivity contribution < 1.29 is 4.79 Å².